The average Bonchev–Trinajstić information content (AvgIpc) is 3.11. The standard InChI is InChI=1S/C22H18N4O/c1-3-20-24-19-11-7-8-16(12-13-17-14-25(2)15-23-17)21(19)22(27)26(20)18-9-5-4-6-10-18/h4-11,14-15H,3H2,1-2H3. The molecule has 0 aliphatic carbocycles. The van der Waals surface area contributed by atoms with Crippen LogP contribution in [0, 0.1) is 11.8 Å². The molecule has 0 aliphatic rings. The van der Waals surface area contributed by atoms with E-state index in [1.807, 2.05) is 73.3 Å². The third kappa shape index (κ3) is 3.13. The van der Waals surface area contributed by atoms with Crippen LogP contribution >= 0.6 is 0 Å². The van der Waals surface area contributed by atoms with Crippen molar-refractivity contribution in [3.63, 3.8) is 0 Å². The number of para-hydroxylation sites is 1. The third-order valence-corrected chi connectivity index (χ3v) is 4.33. The number of aryl methyl sites for hydroxylation is 2. The highest BCUT2D eigenvalue weighted by Crippen LogP contribution is 2.16. The van der Waals surface area contributed by atoms with E-state index in [1.165, 1.54) is 0 Å². The maximum absolute atomic E-state index is 13.4. The van der Waals surface area contributed by atoms with Crippen molar-refractivity contribution in [3.8, 4) is 17.5 Å². The van der Waals surface area contributed by atoms with Crippen LogP contribution in [0.5, 0.6) is 0 Å². The molecule has 132 valence electrons. The fourth-order valence-electron chi connectivity index (χ4n) is 3.07. The molecule has 0 unspecified atom stereocenters. The van der Waals surface area contributed by atoms with Gasteiger partial charge in [0.25, 0.3) is 5.56 Å². The smallest absolute Gasteiger partial charge is 0.267 e. The number of rotatable bonds is 2. The van der Waals surface area contributed by atoms with Gasteiger partial charge in [-0.25, -0.2) is 9.97 Å². The van der Waals surface area contributed by atoms with Crippen molar-refractivity contribution in [2.45, 2.75) is 13.3 Å². The summed E-state index contributed by atoms with van der Waals surface area (Å²) in [6, 6.07) is 15.2. The Labute approximate surface area is 157 Å². The summed E-state index contributed by atoms with van der Waals surface area (Å²) >= 11 is 0. The molecule has 0 amide bonds. The molecule has 0 saturated carbocycles. The zero-order valence-electron chi connectivity index (χ0n) is 15.2. The predicted molar refractivity (Wildman–Crippen MR) is 106 cm³/mol. The number of nitrogens with zero attached hydrogens (tertiary/aromatic N) is 4. The van der Waals surface area contributed by atoms with Gasteiger partial charge >= 0.3 is 0 Å². The maximum Gasteiger partial charge on any atom is 0.267 e. The molecule has 0 fully saturated rings. The van der Waals surface area contributed by atoms with Crippen molar-refractivity contribution >= 4 is 10.9 Å². The second-order valence-corrected chi connectivity index (χ2v) is 6.23. The molecular weight excluding hydrogens is 336 g/mol. The van der Waals surface area contributed by atoms with Gasteiger partial charge in [0, 0.05) is 25.2 Å². The minimum absolute atomic E-state index is 0.103. The number of benzene rings is 2. The van der Waals surface area contributed by atoms with Gasteiger partial charge in [-0.15, -0.1) is 0 Å². The largest absolute Gasteiger partial charge is 0.339 e. The molecule has 0 atom stereocenters. The third-order valence-electron chi connectivity index (χ3n) is 4.33. The van der Waals surface area contributed by atoms with E-state index in [1.54, 1.807) is 10.9 Å². The minimum atomic E-state index is -0.103. The van der Waals surface area contributed by atoms with Gasteiger partial charge in [-0.3, -0.25) is 9.36 Å². The van der Waals surface area contributed by atoms with E-state index < -0.39 is 0 Å². The van der Waals surface area contributed by atoms with Crippen molar-refractivity contribution in [2.75, 3.05) is 0 Å². The summed E-state index contributed by atoms with van der Waals surface area (Å²) in [7, 11) is 1.89. The molecule has 0 aliphatic heterocycles. The van der Waals surface area contributed by atoms with Crippen LogP contribution < -0.4 is 5.56 Å². The summed E-state index contributed by atoms with van der Waals surface area (Å²) in [6.07, 6.45) is 4.20. The highest BCUT2D eigenvalue weighted by atomic mass is 16.1. The predicted octanol–water partition coefficient (Wildman–Crippen LogP) is 3.08. The second kappa shape index (κ2) is 6.93. The first-order chi connectivity index (χ1) is 13.2. The molecular formula is C22H18N4O. The van der Waals surface area contributed by atoms with Gasteiger partial charge in [0.2, 0.25) is 0 Å². The molecule has 2 aromatic carbocycles. The van der Waals surface area contributed by atoms with E-state index in [0.29, 0.717) is 28.6 Å². The number of aromatic nitrogens is 4. The minimum Gasteiger partial charge on any atom is -0.339 e. The van der Waals surface area contributed by atoms with E-state index in [-0.39, 0.29) is 5.56 Å². The van der Waals surface area contributed by atoms with Gasteiger partial charge in [0.1, 0.15) is 11.5 Å². The van der Waals surface area contributed by atoms with E-state index in [4.69, 9.17) is 4.98 Å². The lowest BCUT2D eigenvalue weighted by Gasteiger charge is -2.13. The Morgan fingerprint density at radius 3 is 2.56 bits per heavy atom. The maximum atomic E-state index is 13.4. The Morgan fingerprint density at radius 2 is 1.85 bits per heavy atom. The van der Waals surface area contributed by atoms with E-state index in [0.717, 1.165) is 11.5 Å². The van der Waals surface area contributed by atoms with Crippen molar-refractivity contribution in [1.82, 2.24) is 19.1 Å². The van der Waals surface area contributed by atoms with Crippen LogP contribution in [0.3, 0.4) is 0 Å². The summed E-state index contributed by atoms with van der Waals surface area (Å²) in [4.78, 5) is 22.3. The Balaban J connectivity index is 1.98. The summed E-state index contributed by atoms with van der Waals surface area (Å²) < 4.78 is 3.51. The number of imidazole rings is 1. The molecule has 0 radical (unpaired) electrons. The highest BCUT2D eigenvalue weighted by Gasteiger charge is 2.13. The monoisotopic (exact) mass is 354 g/mol. The van der Waals surface area contributed by atoms with Crippen LogP contribution in [0.4, 0.5) is 0 Å². The topological polar surface area (TPSA) is 52.7 Å². The van der Waals surface area contributed by atoms with Gasteiger partial charge in [0.05, 0.1) is 22.9 Å². The lowest BCUT2D eigenvalue weighted by Crippen LogP contribution is -2.24. The Bertz CT molecular complexity index is 1240. The van der Waals surface area contributed by atoms with Gasteiger partial charge in [-0.05, 0) is 30.2 Å². The molecule has 2 aromatic heterocycles. The van der Waals surface area contributed by atoms with E-state index in [2.05, 4.69) is 16.8 Å². The van der Waals surface area contributed by atoms with Crippen molar-refractivity contribution in [2.24, 2.45) is 7.05 Å². The average molecular weight is 354 g/mol. The highest BCUT2D eigenvalue weighted by molar-refractivity contribution is 5.84. The first kappa shape index (κ1) is 16.8. The number of hydrogen-bond donors (Lipinski definition) is 0. The van der Waals surface area contributed by atoms with Crippen molar-refractivity contribution in [3.05, 3.63) is 88.5 Å². The number of hydrogen-bond acceptors (Lipinski definition) is 3. The fraction of sp³-hybridized carbons (Fsp3) is 0.136. The van der Waals surface area contributed by atoms with E-state index >= 15 is 0 Å². The second-order valence-electron chi connectivity index (χ2n) is 6.23. The first-order valence-electron chi connectivity index (χ1n) is 8.77. The summed E-state index contributed by atoms with van der Waals surface area (Å²) in [5.74, 6) is 6.86. The Morgan fingerprint density at radius 1 is 1.04 bits per heavy atom. The molecule has 0 saturated heterocycles. The van der Waals surface area contributed by atoms with Crippen LogP contribution in [0.15, 0.2) is 65.8 Å². The summed E-state index contributed by atoms with van der Waals surface area (Å²) in [6.45, 7) is 2.00. The zero-order valence-corrected chi connectivity index (χ0v) is 15.2. The molecule has 4 rings (SSSR count). The zero-order chi connectivity index (χ0) is 18.8. The summed E-state index contributed by atoms with van der Waals surface area (Å²) in [5.41, 5.74) is 2.69. The molecule has 27 heavy (non-hydrogen) atoms. The van der Waals surface area contributed by atoms with Crippen LogP contribution in [0.2, 0.25) is 0 Å². The SMILES string of the molecule is CCc1nc2cccc(C#Cc3cn(C)cn3)c2c(=O)n1-c1ccccc1. The quantitative estimate of drug-likeness (QED) is 0.520. The summed E-state index contributed by atoms with van der Waals surface area (Å²) in [5, 5.41) is 0.530. The van der Waals surface area contributed by atoms with Crippen LogP contribution in [-0.4, -0.2) is 19.1 Å². The molecule has 0 N–H and O–H groups in total. The van der Waals surface area contributed by atoms with Crippen molar-refractivity contribution < 1.29 is 0 Å². The Hall–Kier alpha value is -3.65. The van der Waals surface area contributed by atoms with Gasteiger partial charge in [-0.1, -0.05) is 37.1 Å². The van der Waals surface area contributed by atoms with Gasteiger partial charge in [-0.2, -0.15) is 0 Å². The van der Waals surface area contributed by atoms with Gasteiger partial charge in [0.15, 0.2) is 0 Å². The Kier molecular flexibility index (Phi) is 4.31. The fourth-order valence-corrected chi connectivity index (χ4v) is 3.07. The molecule has 4 aromatic rings. The molecule has 5 nitrogen and oxygen atoms in total. The number of fused-ring (bicyclic) bond motifs is 1. The first-order valence-corrected chi connectivity index (χ1v) is 8.77. The lowest BCUT2D eigenvalue weighted by molar-refractivity contribution is 0.833. The van der Waals surface area contributed by atoms with Gasteiger partial charge < -0.3 is 4.57 Å². The van der Waals surface area contributed by atoms with Crippen LogP contribution in [0.1, 0.15) is 24.0 Å². The normalized spacial score (nSPS) is 10.6. The van der Waals surface area contributed by atoms with Crippen molar-refractivity contribution in [1.29, 1.82) is 0 Å². The molecule has 0 bridgehead atoms. The molecule has 0 spiro atoms. The van der Waals surface area contributed by atoms with Crippen LogP contribution in [-0.2, 0) is 13.5 Å². The molecule has 5 heteroatoms. The molecule has 2 heterocycles. The van der Waals surface area contributed by atoms with Crippen LogP contribution in [0.25, 0.3) is 16.6 Å². The van der Waals surface area contributed by atoms with E-state index in [9.17, 15) is 4.79 Å². The lowest BCUT2D eigenvalue weighted by atomic mass is 10.1.